The zero-order valence-electron chi connectivity index (χ0n) is 9.33. The van der Waals surface area contributed by atoms with E-state index in [4.69, 9.17) is 0 Å². The van der Waals surface area contributed by atoms with Gasteiger partial charge in [0.15, 0.2) is 0 Å². The van der Waals surface area contributed by atoms with Gasteiger partial charge >= 0.3 is 102 Å². The molecule has 0 saturated carbocycles. The summed E-state index contributed by atoms with van der Waals surface area (Å²) in [5.74, 6) is -13.1. The van der Waals surface area contributed by atoms with Crippen molar-refractivity contribution in [2.45, 2.75) is 30.1 Å². The van der Waals surface area contributed by atoms with Crippen LogP contribution >= 0.6 is 0 Å². The standard InChI is InChI=1S/C4F8N.C3H3F3O.Cf/c5-1(6)2(7,8)4(11,12)13-3(1,9)10;1-7-2-3(4,5)6;/h;1H3;/q-1;;+1. The van der Waals surface area contributed by atoms with E-state index in [1.807, 2.05) is 0 Å². The maximum absolute atomic E-state index is 13.1. The van der Waals surface area contributed by atoms with Crippen molar-refractivity contribution >= 4 is 6.61 Å². The number of halogens is 11. The third kappa shape index (κ3) is 1.92. The van der Waals surface area contributed by atoms with Gasteiger partial charge in [-0.3, -0.25) is 0 Å². The van der Waals surface area contributed by atoms with E-state index in [2.05, 4.69) is 4.74 Å². The monoisotopic (exact) mass is 575 g/mol. The predicted molar refractivity (Wildman–Crippen MR) is 39.7 cm³/mol. The summed E-state index contributed by atoms with van der Waals surface area (Å²) in [7, 11) is 0.265. The van der Waals surface area contributed by atoms with Crippen molar-refractivity contribution in [2.24, 2.45) is 0 Å². The molecule has 1 rings (SSSR count). The molecule has 0 unspecified atom stereocenters. The van der Waals surface area contributed by atoms with E-state index in [-0.39, 0.29) is 7.11 Å². The van der Waals surface area contributed by atoms with Crippen LogP contribution in [0.3, 0.4) is 0 Å². The topological polar surface area (TPSA) is 12.5 Å². The Bertz CT molecular complexity index is 430. The number of rotatable bonds is 2. The van der Waals surface area contributed by atoms with Crippen molar-refractivity contribution in [2.75, 3.05) is 7.11 Å². The average Bonchev–Trinajstić information content (AvgIpc) is 2.31. The molecule has 0 N–H and O–H groups in total. The summed E-state index contributed by atoms with van der Waals surface area (Å²) in [5.41, 5.74) is 0. The van der Waals surface area contributed by atoms with Gasteiger partial charge in [-0.2, -0.15) is 0 Å². The molecule has 0 aromatic carbocycles. The molecule has 0 bridgehead atoms. The normalized spacial score (nSPS) is 27.5. The zero-order chi connectivity index (χ0) is 17.1. The van der Waals surface area contributed by atoms with Crippen LogP contribution in [-0.4, -0.2) is 49.1 Å². The molecule has 0 aromatic rings. The summed E-state index contributed by atoms with van der Waals surface area (Å²) in [6.45, 7) is -2.31. The van der Waals surface area contributed by atoms with Gasteiger partial charge in [0.25, 0.3) is 0 Å². The molecule has 1 heterocycles. The van der Waals surface area contributed by atoms with Crippen LogP contribution in [0.1, 0.15) is 0 Å². The Kier molecular flexibility index (Phi) is 3.27. The summed E-state index contributed by atoms with van der Waals surface area (Å²) < 4.78 is 139. The van der Waals surface area contributed by atoms with Gasteiger partial charge in [0.2, 0.25) is 0 Å². The van der Waals surface area contributed by atoms with Crippen LogP contribution in [0, 0.1) is 0 Å². The molecule has 0 aromatic heterocycles. The van der Waals surface area contributed by atoms with E-state index in [0.29, 0.717) is 0 Å². The van der Waals surface area contributed by atoms with Crippen molar-refractivity contribution in [3.8, 4) is 0 Å². The second-order valence-corrected chi connectivity index (χ2v) is 6.47. The van der Waals surface area contributed by atoms with Crippen LogP contribution in [0.4, 0.5) is 48.3 Å². The minimum atomic E-state index is -6.54. The maximum atomic E-state index is 13.1. The zero-order valence-corrected chi connectivity index (χ0v) is 12.0. The number of alkyl halides is 11. The first-order valence-electron chi connectivity index (χ1n) is 4.44. The summed E-state index contributed by atoms with van der Waals surface area (Å²) in [6, 6.07) is -12.3. The molecular formula is C7H3CfF11NO. The number of nitrogens with zero attached hydrogens (tertiary/aromatic N) is 1. The van der Waals surface area contributed by atoms with Gasteiger partial charge in [0.1, 0.15) is 0 Å². The Hall–Kier alpha value is -1.98. The van der Waals surface area contributed by atoms with E-state index in [0.717, 1.165) is 0 Å². The number of hydrogen-bond acceptors (Lipinski definition) is 2. The third-order valence-electron chi connectivity index (χ3n) is 2.12. The minimum absolute atomic E-state index is 0.265. The third-order valence-corrected chi connectivity index (χ3v) is 6.00. The number of ether oxygens (including phenoxy) is 1. The van der Waals surface area contributed by atoms with E-state index in [1.165, 1.54) is 0 Å². The van der Waals surface area contributed by atoms with Crippen LogP contribution in [0.5, 0.6) is 0 Å². The molecule has 0 atom stereocenters. The molecule has 0 aliphatic carbocycles. The van der Waals surface area contributed by atoms with Crippen molar-refractivity contribution in [3.05, 3.63) is 0 Å². The summed E-state index contributed by atoms with van der Waals surface area (Å²) in [6.07, 6.45) is -5.52. The van der Waals surface area contributed by atoms with Crippen molar-refractivity contribution in [3.63, 3.8) is 0 Å². The van der Waals surface area contributed by atoms with Crippen molar-refractivity contribution < 1.29 is 53.0 Å². The Morgan fingerprint density at radius 2 is 1.19 bits per heavy atom. The van der Waals surface area contributed by atoms with E-state index >= 15 is 0 Å². The molecule has 1 aliphatic rings. The van der Waals surface area contributed by atoms with Crippen molar-refractivity contribution in [1.29, 1.82) is 0 Å². The molecule has 21 heavy (non-hydrogen) atoms. The molecule has 1 fully saturated rings. The second kappa shape index (κ2) is 4.02. The Balaban J connectivity index is 3.52. The molecule has 0 amide bonds. The van der Waals surface area contributed by atoms with Gasteiger partial charge in [-0.05, 0) is 0 Å². The molecule has 14 heteroatoms. The van der Waals surface area contributed by atoms with E-state index in [9.17, 15) is 48.3 Å². The first kappa shape index (κ1) is 17.1. The summed E-state index contributed by atoms with van der Waals surface area (Å²) in [5, 5.41) is -2.08. The van der Waals surface area contributed by atoms with Crippen molar-refractivity contribution in [1.82, 2.24) is 5.32 Å². The van der Waals surface area contributed by atoms with Gasteiger partial charge in [-0.15, -0.1) is 0 Å². The number of methoxy groups -OCH3 is 1. The van der Waals surface area contributed by atoms with Gasteiger partial charge < -0.3 is 0 Å². The van der Waals surface area contributed by atoms with Crippen LogP contribution in [0.2, 0.25) is 0 Å². The molecule has 2 nitrogen and oxygen atoms in total. The Labute approximate surface area is 103 Å². The molecular weight excluding hydrogens is 574 g/mol. The van der Waals surface area contributed by atoms with Gasteiger partial charge in [0, 0.05) is 0 Å². The fraction of sp³-hybridized carbons (Fsp3) is 0.857. The quantitative estimate of drug-likeness (QED) is 0.370. The second-order valence-electron chi connectivity index (χ2n) is 3.50. The summed E-state index contributed by atoms with van der Waals surface area (Å²) in [4.78, 5) is 0. The molecule has 0 spiro atoms. The van der Waals surface area contributed by atoms with E-state index < -0.39 is 42.0 Å². The fourth-order valence-electron chi connectivity index (χ4n) is 1.12. The first-order valence-corrected chi connectivity index (χ1v) is 6.93. The Morgan fingerprint density at radius 1 is 0.857 bits per heavy atom. The predicted octanol–water partition coefficient (Wildman–Crippen LogP) is 3.10. The van der Waals surface area contributed by atoms with Crippen LogP contribution in [0.25, 0.3) is 0 Å². The first-order chi connectivity index (χ1) is 9.05. The molecule has 0 radical (unpaired) electrons. The van der Waals surface area contributed by atoms with Gasteiger partial charge in [-0.25, -0.2) is 0 Å². The van der Waals surface area contributed by atoms with E-state index in [1.54, 1.807) is 0 Å². The molecule has 129 valence electrons. The SMILES string of the molecule is CO/[C](=[Cf]/[N]1C(F)(F)C(F)(F)C(F)(F)C1(F)F)C(F)(F)F. The van der Waals surface area contributed by atoms with Crippen LogP contribution < -0.4 is 0 Å². The average molecular weight is 577 g/mol. The Morgan fingerprint density at radius 3 is 1.43 bits per heavy atom. The summed E-state index contributed by atoms with van der Waals surface area (Å²) >= 11 is 0. The molecule has 1 saturated heterocycles. The van der Waals surface area contributed by atoms with Crippen LogP contribution in [0.15, 0.2) is 0 Å². The number of hydrogen-bond donors (Lipinski definition) is 0. The fourth-order valence-corrected chi connectivity index (χ4v) is 3.71. The van der Waals surface area contributed by atoms with Gasteiger partial charge in [0.05, 0.1) is 0 Å². The van der Waals surface area contributed by atoms with Gasteiger partial charge in [-0.1, -0.05) is 0 Å². The van der Waals surface area contributed by atoms with Crippen LogP contribution in [-0.2, 0) is 4.74 Å². The molecule has 1 aliphatic heterocycles.